The Bertz CT molecular complexity index is 428. The number of halogens is 1. The normalized spacial score (nSPS) is 10.5. The molecule has 0 amide bonds. The average molecular weight is 220 g/mol. The third kappa shape index (κ3) is 2.63. The van der Waals surface area contributed by atoms with Gasteiger partial charge in [0.25, 0.3) is 0 Å². The van der Waals surface area contributed by atoms with Crippen LogP contribution in [0.1, 0.15) is 23.7 Å². The molecule has 78 valence electrons. The smallest absolute Gasteiger partial charge is 0.0406 e. The molecule has 0 aliphatic heterocycles. The molecule has 1 N–H and O–H groups in total. The van der Waals surface area contributed by atoms with Gasteiger partial charge in [0.1, 0.15) is 0 Å². The quantitative estimate of drug-likeness (QED) is 0.808. The molecule has 1 aromatic heterocycles. The minimum Gasteiger partial charge on any atom is -0.365 e. The molecule has 0 atom stereocenters. The highest BCUT2D eigenvalue weighted by Gasteiger charge is 1.99. The second-order valence-corrected chi connectivity index (χ2v) is 4.13. The molecule has 0 saturated carbocycles. The second kappa shape index (κ2) is 4.54. The molecule has 1 nitrogen and oxygen atoms in total. The Kier molecular flexibility index (Phi) is 3.12. The fourth-order valence-corrected chi connectivity index (χ4v) is 1.76. The number of aryl methyl sites for hydroxylation is 1. The van der Waals surface area contributed by atoms with E-state index in [9.17, 15) is 0 Å². The van der Waals surface area contributed by atoms with Crippen LogP contribution in [0.2, 0.25) is 5.02 Å². The minimum atomic E-state index is 0.794. The van der Waals surface area contributed by atoms with E-state index in [-0.39, 0.29) is 0 Å². The van der Waals surface area contributed by atoms with E-state index in [1.807, 2.05) is 12.1 Å². The van der Waals surface area contributed by atoms with Crippen LogP contribution in [-0.4, -0.2) is 4.98 Å². The number of rotatable bonds is 3. The molecular formula is C13H14ClN. The van der Waals surface area contributed by atoms with Gasteiger partial charge >= 0.3 is 0 Å². The van der Waals surface area contributed by atoms with Crippen LogP contribution in [0, 0.1) is 0 Å². The zero-order chi connectivity index (χ0) is 10.7. The van der Waals surface area contributed by atoms with E-state index in [1.165, 1.54) is 16.8 Å². The average Bonchev–Trinajstić information content (AvgIpc) is 2.69. The summed E-state index contributed by atoms with van der Waals surface area (Å²) in [5, 5.41) is 0.794. The van der Waals surface area contributed by atoms with Crippen LogP contribution in [0.25, 0.3) is 0 Å². The Morgan fingerprint density at radius 1 is 1.13 bits per heavy atom. The lowest BCUT2D eigenvalue weighted by molar-refractivity contribution is 1.06. The monoisotopic (exact) mass is 219 g/mol. The molecule has 0 spiro atoms. The number of aromatic amines is 1. The number of hydrogen-bond donors (Lipinski definition) is 1. The Hall–Kier alpha value is -1.21. The molecule has 0 unspecified atom stereocenters. The SMILES string of the molecule is CCc1cc(Cc2ccc(Cl)cc2)c[nH]1. The number of nitrogens with one attached hydrogen (secondary N) is 1. The summed E-state index contributed by atoms with van der Waals surface area (Å²) >= 11 is 5.84. The van der Waals surface area contributed by atoms with Crippen LogP contribution in [0.15, 0.2) is 36.5 Å². The van der Waals surface area contributed by atoms with Gasteiger partial charge in [-0.2, -0.15) is 0 Å². The van der Waals surface area contributed by atoms with Gasteiger partial charge in [0.15, 0.2) is 0 Å². The topological polar surface area (TPSA) is 15.8 Å². The predicted octanol–water partition coefficient (Wildman–Crippen LogP) is 3.82. The largest absolute Gasteiger partial charge is 0.365 e. The molecule has 0 fully saturated rings. The molecule has 1 heterocycles. The summed E-state index contributed by atoms with van der Waals surface area (Å²) in [4.78, 5) is 3.26. The molecule has 0 aliphatic rings. The molecule has 0 saturated heterocycles. The lowest BCUT2D eigenvalue weighted by atomic mass is 10.1. The van der Waals surface area contributed by atoms with Gasteiger partial charge in [-0.25, -0.2) is 0 Å². The predicted molar refractivity (Wildman–Crippen MR) is 64.4 cm³/mol. The van der Waals surface area contributed by atoms with Gasteiger partial charge in [-0.3, -0.25) is 0 Å². The maximum atomic E-state index is 5.84. The van der Waals surface area contributed by atoms with Gasteiger partial charge in [-0.1, -0.05) is 30.7 Å². The maximum Gasteiger partial charge on any atom is 0.0406 e. The summed E-state index contributed by atoms with van der Waals surface area (Å²) < 4.78 is 0. The first-order valence-electron chi connectivity index (χ1n) is 5.18. The van der Waals surface area contributed by atoms with Crippen molar-refractivity contribution in [2.24, 2.45) is 0 Å². The molecule has 1 aromatic carbocycles. The van der Waals surface area contributed by atoms with Crippen molar-refractivity contribution in [3.05, 3.63) is 58.4 Å². The molecule has 2 aromatic rings. The summed E-state index contributed by atoms with van der Waals surface area (Å²) in [6, 6.07) is 10.2. The van der Waals surface area contributed by atoms with E-state index in [0.717, 1.165) is 17.9 Å². The van der Waals surface area contributed by atoms with Crippen LogP contribution in [0.3, 0.4) is 0 Å². The first kappa shape index (κ1) is 10.3. The van der Waals surface area contributed by atoms with Crippen LogP contribution in [0.4, 0.5) is 0 Å². The van der Waals surface area contributed by atoms with Crippen LogP contribution in [-0.2, 0) is 12.8 Å². The van der Waals surface area contributed by atoms with Crippen LogP contribution < -0.4 is 0 Å². The molecule has 2 rings (SSSR count). The minimum absolute atomic E-state index is 0.794. The molecule has 15 heavy (non-hydrogen) atoms. The maximum absolute atomic E-state index is 5.84. The Morgan fingerprint density at radius 2 is 1.87 bits per heavy atom. The molecule has 0 bridgehead atoms. The Morgan fingerprint density at radius 3 is 2.47 bits per heavy atom. The summed E-state index contributed by atoms with van der Waals surface area (Å²) in [5.74, 6) is 0. The van der Waals surface area contributed by atoms with Crippen molar-refractivity contribution in [2.75, 3.05) is 0 Å². The first-order valence-corrected chi connectivity index (χ1v) is 5.56. The number of aromatic nitrogens is 1. The molecule has 0 aliphatic carbocycles. The number of H-pyrrole nitrogens is 1. The third-order valence-corrected chi connectivity index (χ3v) is 2.76. The van der Waals surface area contributed by atoms with Crippen molar-refractivity contribution < 1.29 is 0 Å². The summed E-state index contributed by atoms with van der Waals surface area (Å²) in [6.07, 6.45) is 4.10. The third-order valence-electron chi connectivity index (χ3n) is 2.50. The van der Waals surface area contributed by atoms with Gasteiger partial charge in [0.2, 0.25) is 0 Å². The van der Waals surface area contributed by atoms with Crippen molar-refractivity contribution in [3.63, 3.8) is 0 Å². The van der Waals surface area contributed by atoms with Gasteiger partial charge in [0.05, 0.1) is 0 Å². The summed E-state index contributed by atoms with van der Waals surface area (Å²) in [5.41, 5.74) is 3.91. The van der Waals surface area contributed by atoms with E-state index < -0.39 is 0 Å². The van der Waals surface area contributed by atoms with Gasteiger partial charge in [-0.05, 0) is 42.2 Å². The highest BCUT2D eigenvalue weighted by atomic mass is 35.5. The Labute approximate surface area is 95.1 Å². The number of hydrogen-bond acceptors (Lipinski definition) is 0. The summed E-state index contributed by atoms with van der Waals surface area (Å²) in [6.45, 7) is 2.15. The van der Waals surface area contributed by atoms with E-state index in [4.69, 9.17) is 11.6 Å². The fourth-order valence-electron chi connectivity index (χ4n) is 1.64. The van der Waals surface area contributed by atoms with E-state index >= 15 is 0 Å². The zero-order valence-corrected chi connectivity index (χ0v) is 9.51. The lowest BCUT2D eigenvalue weighted by Crippen LogP contribution is -1.84. The second-order valence-electron chi connectivity index (χ2n) is 3.69. The van der Waals surface area contributed by atoms with Crippen molar-refractivity contribution in [1.82, 2.24) is 4.98 Å². The standard InChI is InChI=1S/C13H14ClN/c1-2-13-8-11(9-15-13)7-10-3-5-12(14)6-4-10/h3-6,8-9,15H,2,7H2,1H3. The van der Waals surface area contributed by atoms with Gasteiger partial charge in [-0.15, -0.1) is 0 Å². The molecule has 2 heteroatoms. The van der Waals surface area contributed by atoms with Crippen LogP contribution >= 0.6 is 11.6 Å². The van der Waals surface area contributed by atoms with Crippen molar-refractivity contribution in [2.45, 2.75) is 19.8 Å². The van der Waals surface area contributed by atoms with Crippen LogP contribution in [0.5, 0.6) is 0 Å². The fraction of sp³-hybridized carbons (Fsp3) is 0.231. The van der Waals surface area contributed by atoms with E-state index in [0.29, 0.717) is 0 Å². The lowest BCUT2D eigenvalue weighted by Gasteiger charge is -1.98. The van der Waals surface area contributed by atoms with Crippen molar-refractivity contribution in [3.8, 4) is 0 Å². The highest BCUT2D eigenvalue weighted by Crippen LogP contribution is 2.14. The van der Waals surface area contributed by atoms with E-state index in [1.54, 1.807) is 0 Å². The van der Waals surface area contributed by atoms with Gasteiger partial charge < -0.3 is 4.98 Å². The Balaban J connectivity index is 2.11. The first-order chi connectivity index (χ1) is 7.28. The van der Waals surface area contributed by atoms with Crippen molar-refractivity contribution >= 4 is 11.6 Å². The zero-order valence-electron chi connectivity index (χ0n) is 8.76. The highest BCUT2D eigenvalue weighted by molar-refractivity contribution is 6.30. The van der Waals surface area contributed by atoms with E-state index in [2.05, 4.69) is 36.3 Å². The van der Waals surface area contributed by atoms with Gasteiger partial charge in [0, 0.05) is 16.9 Å². The molecular weight excluding hydrogens is 206 g/mol. The van der Waals surface area contributed by atoms with Crippen molar-refractivity contribution in [1.29, 1.82) is 0 Å². The molecule has 0 radical (unpaired) electrons. The summed E-state index contributed by atoms with van der Waals surface area (Å²) in [7, 11) is 0. The number of benzene rings is 1.